The average Bonchev–Trinajstić information content (AvgIpc) is 2.97. The summed E-state index contributed by atoms with van der Waals surface area (Å²) in [6.45, 7) is 2.10. The van der Waals surface area contributed by atoms with E-state index in [9.17, 15) is 9.59 Å². The fourth-order valence-corrected chi connectivity index (χ4v) is 4.36. The molecule has 156 valence electrons. The number of halogens is 2. The van der Waals surface area contributed by atoms with Gasteiger partial charge in [-0.25, -0.2) is 0 Å². The van der Waals surface area contributed by atoms with Crippen LogP contribution in [-0.2, 0) is 16.1 Å². The number of hydrogen-bond acceptors (Lipinski definition) is 4. The number of thioether (sulfide) groups is 1. The number of rotatable bonds is 6. The Morgan fingerprint density at radius 3 is 2.29 bits per heavy atom. The van der Waals surface area contributed by atoms with Crippen molar-refractivity contribution in [2.24, 2.45) is 0 Å². The molecule has 0 saturated carbocycles. The summed E-state index contributed by atoms with van der Waals surface area (Å²) in [4.78, 5) is 28.9. The molecule has 1 aliphatic rings. The maximum absolute atomic E-state index is 13.2. The molecule has 1 aliphatic heterocycles. The third-order valence-electron chi connectivity index (χ3n) is 4.78. The molecule has 1 N–H and O–H groups in total. The van der Waals surface area contributed by atoms with E-state index in [1.807, 2.05) is 61.5 Å². The number of amides is 2. The Kier molecular flexibility index (Phi) is 6.37. The highest BCUT2D eigenvalue weighted by atomic mass is 35.5. The molecular weight excluding hydrogens is 451 g/mol. The molecule has 0 saturated heterocycles. The maximum Gasteiger partial charge on any atom is 0.278 e. The van der Waals surface area contributed by atoms with Crippen LogP contribution in [0.2, 0.25) is 10.0 Å². The number of aryl methyl sites for hydroxylation is 1. The quantitative estimate of drug-likeness (QED) is 0.432. The van der Waals surface area contributed by atoms with Gasteiger partial charge in [-0.05, 0) is 54.4 Å². The van der Waals surface area contributed by atoms with Crippen molar-refractivity contribution in [2.45, 2.75) is 18.4 Å². The van der Waals surface area contributed by atoms with Crippen LogP contribution in [0, 0.1) is 6.92 Å². The monoisotopic (exact) mass is 468 g/mol. The van der Waals surface area contributed by atoms with E-state index in [2.05, 4.69) is 5.32 Å². The molecule has 1 heterocycles. The number of carbonyl (C=O) groups is 2. The van der Waals surface area contributed by atoms with Gasteiger partial charge in [-0.15, -0.1) is 0 Å². The number of benzene rings is 3. The molecule has 4 nitrogen and oxygen atoms in total. The van der Waals surface area contributed by atoms with Gasteiger partial charge >= 0.3 is 0 Å². The number of carbonyl (C=O) groups excluding carboxylic acids is 2. The first-order chi connectivity index (χ1) is 14.9. The zero-order valence-electron chi connectivity index (χ0n) is 16.6. The van der Waals surface area contributed by atoms with E-state index in [1.165, 1.54) is 16.7 Å². The van der Waals surface area contributed by atoms with Gasteiger partial charge in [0.05, 0.1) is 6.54 Å². The van der Waals surface area contributed by atoms with Gasteiger partial charge in [-0.2, -0.15) is 0 Å². The fourth-order valence-electron chi connectivity index (χ4n) is 3.10. The molecule has 0 spiro atoms. The van der Waals surface area contributed by atoms with Crippen molar-refractivity contribution in [1.29, 1.82) is 0 Å². The molecule has 0 unspecified atom stereocenters. The lowest BCUT2D eigenvalue weighted by Gasteiger charge is -2.15. The van der Waals surface area contributed by atoms with E-state index in [1.54, 1.807) is 18.2 Å². The third kappa shape index (κ3) is 4.79. The highest BCUT2D eigenvalue weighted by Crippen LogP contribution is 2.37. The van der Waals surface area contributed by atoms with Crippen LogP contribution in [0.3, 0.4) is 0 Å². The minimum atomic E-state index is -0.373. The maximum atomic E-state index is 13.2. The largest absolute Gasteiger partial charge is 0.350 e. The molecule has 4 rings (SSSR count). The van der Waals surface area contributed by atoms with Crippen LogP contribution in [0.15, 0.2) is 88.3 Å². The van der Waals surface area contributed by atoms with Gasteiger partial charge < -0.3 is 5.32 Å². The lowest BCUT2D eigenvalue weighted by molar-refractivity contribution is -0.137. The second-order valence-electron chi connectivity index (χ2n) is 7.03. The Hall–Kier alpha value is -2.73. The molecule has 0 aliphatic carbocycles. The van der Waals surface area contributed by atoms with E-state index < -0.39 is 0 Å². The highest BCUT2D eigenvalue weighted by Gasteiger charge is 2.39. The van der Waals surface area contributed by atoms with E-state index in [0.29, 0.717) is 20.6 Å². The predicted molar refractivity (Wildman–Crippen MR) is 126 cm³/mol. The molecular formula is C24H18Cl2N2O2S. The number of anilines is 1. The van der Waals surface area contributed by atoms with Crippen LogP contribution in [0.25, 0.3) is 0 Å². The third-order valence-corrected chi connectivity index (χ3v) is 6.53. The van der Waals surface area contributed by atoms with Crippen LogP contribution < -0.4 is 5.32 Å². The van der Waals surface area contributed by atoms with Gasteiger partial charge in [0.2, 0.25) is 0 Å². The number of nitrogens with one attached hydrogen (secondary N) is 1. The number of imide groups is 1. The molecule has 2 amide bonds. The molecule has 0 radical (unpaired) electrons. The zero-order valence-corrected chi connectivity index (χ0v) is 18.9. The van der Waals surface area contributed by atoms with E-state index in [0.717, 1.165) is 16.0 Å². The van der Waals surface area contributed by atoms with E-state index >= 15 is 0 Å². The van der Waals surface area contributed by atoms with Gasteiger partial charge in [-0.1, -0.05) is 71.4 Å². The second-order valence-corrected chi connectivity index (χ2v) is 8.96. The van der Waals surface area contributed by atoms with Crippen molar-refractivity contribution in [2.75, 3.05) is 5.32 Å². The molecule has 3 aromatic rings. The summed E-state index contributed by atoms with van der Waals surface area (Å²) in [5, 5.41) is 4.30. The van der Waals surface area contributed by atoms with Crippen LogP contribution in [0.5, 0.6) is 0 Å². The molecule has 0 atom stereocenters. The topological polar surface area (TPSA) is 49.4 Å². The van der Waals surface area contributed by atoms with Crippen LogP contribution in [0.1, 0.15) is 11.1 Å². The number of hydrogen-bond donors (Lipinski definition) is 1. The summed E-state index contributed by atoms with van der Waals surface area (Å²) in [5.41, 5.74) is 2.68. The zero-order chi connectivity index (χ0) is 22.0. The smallest absolute Gasteiger partial charge is 0.278 e. The first-order valence-corrected chi connectivity index (χ1v) is 11.1. The normalized spacial score (nSPS) is 13.8. The van der Waals surface area contributed by atoms with E-state index in [4.69, 9.17) is 23.2 Å². The first-order valence-electron chi connectivity index (χ1n) is 9.53. The minimum absolute atomic E-state index is 0.197. The summed E-state index contributed by atoms with van der Waals surface area (Å²) in [7, 11) is 0. The van der Waals surface area contributed by atoms with Crippen molar-refractivity contribution in [3.8, 4) is 0 Å². The van der Waals surface area contributed by atoms with Gasteiger partial charge in [-0.3, -0.25) is 14.5 Å². The fraction of sp³-hybridized carbons (Fsp3) is 0.0833. The van der Waals surface area contributed by atoms with Crippen LogP contribution in [-0.4, -0.2) is 16.7 Å². The van der Waals surface area contributed by atoms with Gasteiger partial charge in [0.25, 0.3) is 11.8 Å². The summed E-state index contributed by atoms with van der Waals surface area (Å²) in [5.74, 6) is -0.712. The molecule has 0 fully saturated rings. The van der Waals surface area contributed by atoms with Crippen LogP contribution >= 0.6 is 35.0 Å². The predicted octanol–water partition coefficient (Wildman–Crippen LogP) is 6.29. The molecule has 3 aromatic carbocycles. The van der Waals surface area contributed by atoms with Crippen molar-refractivity contribution in [3.05, 3.63) is 105 Å². The van der Waals surface area contributed by atoms with Gasteiger partial charge in [0.1, 0.15) is 10.6 Å². The SMILES string of the molecule is Cc1ccc(NC2=C(Sc3ccc(Cl)cc3)C(=O)N(Cc3ccccc3)C2=O)cc1Cl. The molecule has 0 bridgehead atoms. The summed E-state index contributed by atoms with van der Waals surface area (Å²) in [6, 6.07) is 22.0. The first kappa shape index (κ1) is 21.5. The van der Waals surface area contributed by atoms with Crippen molar-refractivity contribution in [3.63, 3.8) is 0 Å². The summed E-state index contributed by atoms with van der Waals surface area (Å²) in [6.07, 6.45) is 0. The van der Waals surface area contributed by atoms with Crippen LogP contribution in [0.4, 0.5) is 5.69 Å². The lowest BCUT2D eigenvalue weighted by atomic mass is 10.2. The molecule has 7 heteroatoms. The highest BCUT2D eigenvalue weighted by molar-refractivity contribution is 8.04. The van der Waals surface area contributed by atoms with Gasteiger partial charge in [0.15, 0.2) is 0 Å². The minimum Gasteiger partial charge on any atom is -0.350 e. The Morgan fingerprint density at radius 1 is 0.903 bits per heavy atom. The summed E-state index contributed by atoms with van der Waals surface area (Å²) < 4.78 is 0. The van der Waals surface area contributed by atoms with E-state index in [-0.39, 0.29) is 24.1 Å². The molecule has 0 aromatic heterocycles. The Labute approximate surface area is 194 Å². The van der Waals surface area contributed by atoms with Gasteiger partial charge in [0, 0.05) is 20.6 Å². The summed E-state index contributed by atoms with van der Waals surface area (Å²) >= 11 is 13.5. The number of nitrogens with zero attached hydrogens (tertiary/aromatic N) is 1. The average molecular weight is 469 g/mol. The lowest BCUT2D eigenvalue weighted by Crippen LogP contribution is -2.31. The Bertz CT molecular complexity index is 1180. The van der Waals surface area contributed by atoms with Crippen molar-refractivity contribution >= 4 is 52.5 Å². The van der Waals surface area contributed by atoms with Crippen molar-refractivity contribution in [1.82, 2.24) is 4.90 Å². The second kappa shape index (κ2) is 9.18. The standard InChI is InChI=1S/C24H18Cl2N2O2S/c1-15-7-10-18(13-20(15)26)27-21-22(31-19-11-8-17(25)9-12-19)24(30)28(23(21)29)14-16-5-3-2-4-6-16/h2-13,27H,14H2,1H3. The Morgan fingerprint density at radius 2 is 1.61 bits per heavy atom. The van der Waals surface area contributed by atoms with Crippen molar-refractivity contribution < 1.29 is 9.59 Å². The molecule has 31 heavy (non-hydrogen) atoms. The Balaban J connectivity index is 1.68.